The number of benzene rings is 2. The zero-order valence-corrected chi connectivity index (χ0v) is 15.2. The normalized spacial score (nSPS) is 11.2. The molecule has 0 fully saturated rings. The molecule has 0 spiro atoms. The van der Waals surface area contributed by atoms with E-state index in [1.54, 1.807) is 0 Å². The van der Waals surface area contributed by atoms with E-state index in [9.17, 15) is 13.2 Å². The molecule has 134 valence electrons. The number of hydrogen-bond donors (Lipinski definition) is 2. The first-order valence-corrected chi connectivity index (χ1v) is 9.93. The fourth-order valence-corrected chi connectivity index (χ4v) is 3.36. The molecule has 0 saturated heterocycles. The molecule has 0 radical (unpaired) electrons. The van der Waals surface area contributed by atoms with E-state index in [1.807, 2.05) is 30.3 Å². The van der Waals surface area contributed by atoms with Crippen molar-refractivity contribution < 1.29 is 13.2 Å². The van der Waals surface area contributed by atoms with Gasteiger partial charge >= 0.3 is 0 Å². The van der Waals surface area contributed by atoms with Crippen molar-refractivity contribution in [1.29, 1.82) is 0 Å². The van der Waals surface area contributed by atoms with E-state index in [0.29, 0.717) is 25.1 Å². The molecule has 0 unspecified atom stereocenters. The summed E-state index contributed by atoms with van der Waals surface area (Å²) >= 11 is 0. The maximum Gasteiger partial charge on any atom is 0.251 e. The van der Waals surface area contributed by atoms with E-state index >= 15 is 0 Å². The van der Waals surface area contributed by atoms with E-state index in [2.05, 4.69) is 17.0 Å². The second-order valence-electron chi connectivity index (χ2n) is 5.77. The molecule has 0 atom stereocenters. The summed E-state index contributed by atoms with van der Waals surface area (Å²) in [6, 6.07) is 15.7. The largest absolute Gasteiger partial charge is 0.352 e. The molecule has 1 amide bonds. The second-order valence-corrected chi connectivity index (χ2v) is 7.53. The number of rotatable bonds is 9. The van der Waals surface area contributed by atoms with Crippen LogP contribution in [0, 0.1) is 0 Å². The minimum atomic E-state index is -3.58. The lowest BCUT2D eigenvalue weighted by Gasteiger charge is -2.08. The Morgan fingerprint density at radius 2 is 1.64 bits per heavy atom. The van der Waals surface area contributed by atoms with Crippen molar-refractivity contribution >= 4 is 15.9 Å². The predicted molar refractivity (Wildman–Crippen MR) is 99.0 cm³/mol. The van der Waals surface area contributed by atoms with E-state index in [-0.39, 0.29) is 10.8 Å². The Hall–Kier alpha value is -2.18. The van der Waals surface area contributed by atoms with Crippen LogP contribution in [0.1, 0.15) is 35.7 Å². The lowest BCUT2D eigenvalue weighted by Crippen LogP contribution is -2.26. The molecule has 5 nitrogen and oxygen atoms in total. The van der Waals surface area contributed by atoms with Gasteiger partial charge in [-0.25, -0.2) is 13.1 Å². The first-order chi connectivity index (χ1) is 12.0. The summed E-state index contributed by atoms with van der Waals surface area (Å²) in [7, 11) is -3.58. The van der Waals surface area contributed by atoms with Crippen LogP contribution in [0.15, 0.2) is 59.5 Å². The van der Waals surface area contributed by atoms with Gasteiger partial charge in [0.15, 0.2) is 0 Å². The highest BCUT2D eigenvalue weighted by Crippen LogP contribution is 2.11. The van der Waals surface area contributed by atoms with Crippen LogP contribution in [0.3, 0.4) is 0 Å². The van der Waals surface area contributed by atoms with E-state index in [0.717, 1.165) is 18.4 Å². The van der Waals surface area contributed by atoms with Gasteiger partial charge in [0, 0.05) is 18.7 Å². The smallest absolute Gasteiger partial charge is 0.251 e. The molecule has 2 aromatic carbocycles. The highest BCUT2D eigenvalue weighted by atomic mass is 32.2. The molecule has 0 aliphatic carbocycles. The minimum Gasteiger partial charge on any atom is -0.352 e. The van der Waals surface area contributed by atoms with Gasteiger partial charge in [0.25, 0.3) is 5.91 Å². The van der Waals surface area contributed by atoms with Crippen molar-refractivity contribution in [2.45, 2.75) is 31.1 Å². The molecule has 6 heteroatoms. The maximum absolute atomic E-state index is 12.3. The van der Waals surface area contributed by atoms with Crippen molar-refractivity contribution in [3.8, 4) is 0 Å². The number of amides is 1. The third-order valence-corrected chi connectivity index (χ3v) is 5.27. The molecule has 25 heavy (non-hydrogen) atoms. The van der Waals surface area contributed by atoms with Crippen molar-refractivity contribution in [1.82, 2.24) is 10.0 Å². The summed E-state index contributed by atoms with van der Waals surface area (Å²) in [6.45, 7) is 3.00. The lowest BCUT2D eigenvalue weighted by molar-refractivity contribution is 0.0953. The Balaban J connectivity index is 1.92. The molecule has 2 N–H and O–H groups in total. The highest BCUT2D eigenvalue weighted by Gasteiger charge is 2.14. The number of carbonyl (C=O) groups excluding carboxylic acids is 1. The van der Waals surface area contributed by atoms with Crippen molar-refractivity contribution in [3.63, 3.8) is 0 Å². The van der Waals surface area contributed by atoms with Crippen LogP contribution in [-0.4, -0.2) is 27.4 Å². The summed E-state index contributed by atoms with van der Waals surface area (Å²) in [6.07, 6.45) is 2.55. The minimum absolute atomic E-state index is 0.158. The van der Waals surface area contributed by atoms with E-state index in [4.69, 9.17) is 0 Å². The first kappa shape index (κ1) is 19.1. The SMILES string of the molecule is CCCCNC(=O)c1ccc(S(=O)(=O)NCCc2ccccc2)cc1. The van der Waals surface area contributed by atoms with Gasteiger partial charge in [0.1, 0.15) is 0 Å². The van der Waals surface area contributed by atoms with E-state index < -0.39 is 10.0 Å². The van der Waals surface area contributed by atoms with Gasteiger partial charge in [0.05, 0.1) is 4.90 Å². The van der Waals surface area contributed by atoms with Gasteiger partial charge in [-0.15, -0.1) is 0 Å². The van der Waals surface area contributed by atoms with Gasteiger partial charge in [-0.3, -0.25) is 4.79 Å². The van der Waals surface area contributed by atoms with Gasteiger partial charge in [-0.1, -0.05) is 43.7 Å². The average molecular weight is 360 g/mol. The van der Waals surface area contributed by atoms with Crippen LogP contribution >= 0.6 is 0 Å². The number of sulfonamides is 1. The van der Waals surface area contributed by atoms with Gasteiger partial charge in [-0.2, -0.15) is 0 Å². The Morgan fingerprint density at radius 1 is 0.960 bits per heavy atom. The zero-order chi connectivity index (χ0) is 18.1. The molecule has 2 rings (SSSR count). The Labute approximate surface area is 149 Å². The molecular formula is C19H24N2O3S. The molecule has 0 bridgehead atoms. The Bertz CT molecular complexity index is 772. The molecular weight excluding hydrogens is 336 g/mol. The molecule has 0 aliphatic rings. The number of nitrogens with one attached hydrogen (secondary N) is 2. The summed E-state index contributed by atoms with van der Waals surface area (Å²) in [5.74, 6) is -0.186. The third kappa shape index (κ3) is 5.99. The van der Waals surface area contributed by atoms with Crippen LogP contribution < -0.4 is 10.0 Å². The first-order valence-electron chi connectivity index (χ1n) is 8.45. The lowest BCUT2D eigenvalue weighted by atomic mass is 10.2. The molecule has 0 saturated carbocycles. The van der Waals surface area contributed by atoms with Crippen LogP contribution in [0.5, 0.6) is 0 Å². The third-order valence-electron chi connectivity index (χ3n) is 3.79. The Kier molecular flexibility index (Phi) is 7.16. The van der Waals surface area contributed by atoms with Crippen molar-refractivity contribution in [2.24, 2.45) is 0 Å². The molecule has 2 aromatic rings. The van der Waals surface area contributed by atoms with E-state index in [1.165, 1.54) is 24.3 Å². The average Bonchev–Trinajstić information content (AvgIpc) is 2.63. The second kappa shape index (κ2) is 9.34. The van der Waals surface area contributed by atoms with Gasteiger partial charge in [0.2, 0.25) is 10.0 Å². The molecule has 0 heterocycles. The highest BCUT2D eigenvalue weighted by molar-refractivity contribution is 7.89. The standard InChI is InChI=1S/C19H24N2O3S/c1-2-3-14-20-19(22)17-9-11-18(12-10-17)25(23,24)21-15-13-16-7-5-4-6-8-16/h4-12,21H,2-3,13-15H2,1H3,(H,20,22). The number of carbonyl (C=O) groups is 1. The quantitative estimate of drug-likeness (QED) is 0.675. The predicted octanol–water partition coefficient (Wildman–Crippen LogP) is 2.74. The topological polar surface area (TPSA) is 75.3 Å². The maximum atomic E-state index is 12.3. The summed E-state index contributed by atoms with van der Waals surface area (Å²) in [5.41, 5.74) is 1.53. The van der Waals surface area contributed by atoms with Gasteiger partial charge < -0.3 is 5.32 Å². The Morgan fingerprint density at radius 3 is 2.28 bits per heavy atom. The van der Waals surface area contributed by atoms with Crippen LogP contribution in [0.2, 0.25) is 0 Å². The fourth-order valence-electron chi connectivity index (χ4n) is 2.32. The fraction of sp³-hybridized carbons (Fsp3) is 0.316. The van der Waals surface area contributed by atoms with Crippen LogP contribution in [0.4, 0.5) is 0 Å². The summed E-state index contributed by atoms with van der Waals surface area (Å²) < 4.78 is 27.2. The van der Waals surface area contributed by atoms with Crippen molar-refractivity contribution in [3.05, 3.63) is 65.7 Å². The van der Waals surface area contributed by atoms with Gasteiger partial charge in [-0.05, 0) is 42.7 Å². The molecule has 0 aromatic heterocycles. The summed E-state index contributed by atoms with van der Waals surface area (Å²) in [5, 5.41) is 2.81. The number of hydrogen-bond acceptors (Lipinski definition) is 3. The van der Waals surface area contributed by atoms with Crippen LogP contribution in [-0.2, 0) is 16.4 Å². The summed E-state index contributed by atoms with van der Waals surface area (Å²) in [4.78, 5) is 12.1. The molecule has 0 aliphatic heterocycles. The zero-order valence-electron chi connectivity index (χ0n) is 14.4. The van der Waals surface area contributed by atoms with Crippen molar-refractivity contribution in [2.75, 3.05) is 13.1 Å². The number of unbranched alkanes of at least 4 members (excludes halogenated alkanes) is 1. The van der Waals surface area contributed by atoms with Crippen LogP contribution in [0.25, 0.3) is 0 Å². The monoisotopic (exact) mass is 360 g/mol.